The highest BCUT2D eigenvalue weighted by molar-refractivity contribution is 9.10. The molecule has 1 aliphatic rings. The first kappa shape index (κ1) is 17.9. The quantitative estimate of drug-likeness (QED) is 0.827. The molecule has 132 valence electrons. The number of nitrogens with zero attached hydrogens (tertiary/aromatic N) is 3. The van der Waals surface area contributed by atoms with Gasteiger partial charge in [-0.25, -0.2) is 4.98 Å². The molecule has 5 nitrogen and oxygen atoms in total. The second-order valence-corrected chi connectivity index (χ2v) is 7.29. The Morgan fingerprint density at radius 3 is 2.84 bits per heavy atom. The number of halogens is 1. The maximum atomic E-state index is 12.8. The van der Waals surface area contributed by atoms with Gasteiger partial charge < -0.3 is 10.2 Å². The Morgan fingerprint density at radius 2 is 2.16 bits per heavy atom. The molecule has 0 spiro atoms. The minimum Gasteiger partial charge on any atom is -0.355 e. The fourth-order valence-corrected chi connectivity index (χ4v) is 3.52. The SMILES string of the molecule is CCC(NC(=O)C1CCCN(c2cnccn2)C1)c1ccc(Br)cc1. The zero-order valence-corrected chi connectivity index (χ0v) is 15.9. The first-order valence-corrected chi connectivity index (χ1v) is 9.53. The zero-order valence-electron chi connectivity index (χ0n) is 14.4. The summed E-state index contributed by atoms with van der Waals surface area (Å²) in [6.45, 7) is 3.72. The number of carbonyl (C=O) groups is 1. The van der Waals surface area contributed by atoms with Crippen LogP contribution in [0.1, 0.15) is 37.8 Å². The largest absolute Gasteiger partial charge is 0.355 e. The summed E-state index contributed by atoms with van der Waals surface area (Å²) in [4.78, 5) is 23.4. The van der Waals surface area contributed by atoms with Gasteiger partial charge in [-0.2, -0.15) is 0 Å². The van der Waals surface area contributed by atoms with Crippen molar-refractivity contribution in [1.29, 1.82) is 0 Å². The van der Waals surface area contributed by atoms with Crippen molar-refractivity contribution in [1.82, 2.24) is 15.3 Å². The van der Waals surface area contributed by atoms with Crippen LogP contribution in [-0.4, -0.2) is 29.0 Å². The number of nitrogens with one attached hydrogen (secondary N) is 1. The second-order valence-electron chi connectivity index (χ2n) is 6.37. The minimum absolute atomic E-state index is 0.0137. The molecule has 1 aromatic heterocycles. The van der Waals surface area contributed by atoms with Crippen molar-refractivity contribution in [2.24, 2.45) is 5.92 Å². The fourth-order valence-electron chi connectivity index (χ4n) is 3.26. The molecule has 3 rings (SSSR count). The summed E-state index contributed by atoms with van der Waals surface area (Å²) in [6.07, 6.45) is 7.90. The van der Waals surface area contributed by atoms with E-state index >= 15 is 0 Å². The molecule has 2 unspecified atom stereocenters. The molecule has 1 fully saturated rings. The summed E-state index contributed by atoms with van der Waals surface area (Å²) >= 11 is 3.45. The lowest BCUT2D eigenvalue weighted by atomic mass is 9.95. The molecule has 6 heteroatoms. The number of amides is 1. The number of hydrogen-bond acceptors (Lipinski definition) is 4. The highest BCUT2D eigenvalue weighted by Gasteiger charge is 2.28. The molecular formula is C19H23BrN4O. The molecule has 25 heavy (non-hydrogen) atoms. The van der Waals surface area contributed by atoms with E-state index in [1.165, 1.54) is 0 Å². The smallest absolute Gasteiger partial charge is 0.225 e. The maximum Gasteiger partial charge on any atom is 0.225 e. The highest BCUT2D eigenvalue weighted by atomic mass is 79.9. The molecule has 2 aromatic rings. The third-order valence-corrected chi connectivity index (χ3v) is 5.19. The standard InChI is InChI=1S/C19H23BrN4O/c1-2-17(14-5-7-16(20)8-6-14)23-19(25)15-4-3-11-24(13-15)18-12-21-9-10-22-18/h5-10,12,15,17H,2-4,11,13H2,1H3,(H,23,25). The molecule has 2 heterocycles. The Bertz CT molecular complexity index is 692. The van der Waals surface area contributed by atoms with E-state index in [0.717, 1.165) is 41.7 Å². The van der Waals surface area contributed by atoms with Gasteiger partial charge in [-0.3, -0.25) is 9.78 Å². The number of aromatic nitrogens is 2. The van der Waals surface area contributed by atoms with E-state index in [2.05, 4.69) is 55.2 Å². The second kappa shape index (κ2) is 8.43. The first-order chi connectivity index (χ1) is 12.2. The van der Waals surface area contributed by atoms with Crippen LogP contribution in [0.25, 0.3) is 0 Å². The van der Waals surface area contributed by atoms with Crippen LogP contribution in [0.3, 0.4) is 0 Å². The van der Waals surface area contributed by atoms with Crippen molar-refractivity contribution < 1.29 is 4.79 Å². The van der Waals surface area contributed by atoms with Crippen LogP contribution in [0.4, 0.5) is 5.82 Å². The molecule has 0 aliphatic carbocycles. The Kier molecular flexibility index (Phi) is 6.02. The topological polar surface area (TPSA) is 58.1 Å². The zero-order chi connectivity index (χ0) is 17.6. The summed E-state index contributed by atoms with van der Waals surface area (Å²) in [6, 6.07) is 8.20. The van der Waals surface area contributed by atoms with Gasteiger partial charge in [0.1, 0.15) is 5.82 Å². The van der Waals surface area contributed by atoms with E-state index in [4.69, 9.17) is 0 Å². The summed E-state index contributed by atoms with van der Waals surface area (Å²) in [5.41, 5.74) is 1.14. The van der Waals surface area contributed by atoms with E-state index in [9.17, 15) is 4.79 Å². The fraction of sp³-hybridized carbons (Fsp3) is 0.421. The van der Waals surface area contributed by atoms with Gasteiger partial charge >= 0.3 is 0 Å². The summed E-state index contributed by atoms with van der Waals surface area (Å²) < 4.78 is 1.05. The van der Waals surface area contributed by atoms with Crippen LogP contribution in [0.5, 0.6) is 0 Å². The van der Waals surface area contributed by atoms with Crippen LogP contribution in [0.2, 0.25) is 0 Å². The number of hydrogen-bond donors (Lipinski definition) is 1. The molecule has 1 N–H and O–H groups in total. The van der Waals surface area contributed by atoms with Crippen molar-refractivity contribution in [3.63, 3.8) is 0 Å². The first-order valence-electron chi connectivity index (χ1n) is 8.74. The van der Waals surface area contributed by atoms with Crippen LogP contribution in [-0.2, 0) is 4.79 Å². The maximum absolute atomic E-state index is 12.8. The molecule has 1 amide bonds. The average molecular weight is 403 g/mol. The van der Waals surface area contributed by atoms with Gasteiger partial charge in [0, 0.05) is 30.0 Å². The number of rotatable bonds is 5. The van der Waals surface area contributed by atoms with E-state index in [0.29, 0.717) is 6.54 Å². The van der Waals surface area contributed by atoms with Crippen LogP contribution in [0, 0.1) is 5.92 Å². The Hall–Kier alpha value is -1.95. The van der Waals surface area contributed by atoms with Crippen molar-refractivity contribution >= 4 is 27.7 Å². The average Bonchev–Trinajstić information content (AvgIpc) is 2.67. The third kappa shape index (κ3) is 4.57. The molecule has 1 saturated heterocycles. The van der Waals surface area contributed by atoms with Gasteiger partial charge in [0.25, 0.3) is 0 Å². The monoisotopic (exact) mass is 402 g/mol. The highest BCUT2D eigenvalue weighted by Crippen LogP contribution is 2.24. The molecule has 1 aromatic carbocycles. The Balaban J connectivity index is 1.64. The molecule has 0 bridgehead atoms. The van der Waals surface area contributed by atoms with Gasteiger partial charge in [-0.05, 0) is 37.0 Å². The summed E-state index contributed by atoms with van der Waals surface area (Å²) in [5.74, 6) is 0.962. The molecular weight excluding hydrogens is 380 g/mol. The molecule has 1 aliphatic heterocycles. The lowest BCUT2D eigenvalue weighted by Gasteiger charge is -2.33. The number of piperidine rings is 1. The molecule has 2 atom stereocenters. The summed E-state index contributed by atoms with van der Waals surface area (Å²) in [5, 5.41) is 3.23. The Morgan fingerprint density at radius 1 is 1.36 bits per heavy atom. The van der Waals surface area contributed by atoms with Gasteiger partial charge in [0.05, 0.1) is 18.2 Å². The van der Waals surface area contributed by atoms with Crippen molar-refractivity contribution in [3.05, 3.63) is 52.9 Å². The normalized spacial score (nSPS) is 18.6. The van der Waals surface area contributed by atoms with Gasteiger partial charge in [-0.15, -0.1) is 0 Å². The molecule has 0 radical (unpaired) electrons. The minimum atomic E-state index is -0.0137. The van der Waals surface area contributed by atoms with Crippen molar-refractivity contribution in [3.8, 4) is 0 Å². The van der Waals surface area contributed by atoms with E-state index in [-0.39, 0.29) is 17.9 Å². The molecule has 0 saturated carbocycles. The van der Waals surface area contributed by atoms with E-state index < -0.39 is 0 Å². The lowest BCUT2D eigenvalue weighted by molar-refractivity contribution is -0.126. The predicted molar refractivity (Wildman–Crippen MR) is 102 cm³/mol. The van der Waals surface area contributed by atoms with E-state index in [1.807, 2.05) is 12.1 Å². The van der Waals surface area contributed by atoms with Gasteiger partial charge in [0.15, 0.2) is 0 Å². The Labute approximate surface area is 157 Å². The van der Waals surface area contributed by atoms with Crippen LogP contribution < -0.4 is 10.2 Å². The number of benzene rings is 1. The van der Waals surface area contributed by atoms with E-state index in [1.54, 1.807) is 18.6 Å². The third-order valence-electron chi connectivity index (χ3n) is 4.66. The lowest BCUT2D eigenvalue weighted by Crippen LogP contribution is -2.44. The van der Waals surface area contributed by atoms with Crippen LogP contribution >= 0.6 is 15.9 Å². The van der Waals surface area contributed by atoms with Crippen LogP contribution in [0.15, 0.2) is 47.3 Å². The van der Waals surface area contributed by atoms with Crippen molar-refractivity contribution in [2.45, 2.75) is 32.2 Å². The van der Waals surface area contributed by atoms with Gasteiger partial charge in [-0.1, -0.05) is 35.0 Å². The predicted octanol–water partition coefficient (Wildman–Crippen LogP) is 3.72. The number of anilines is 1. The van der Waals surface area contributed by atoms with Gasteiger partial charge in [0.2, 0.25) is 5.91 Å². The summed E-state index contributed by atoms with van der Waals surface area (Å²) in [7, 11) is 0. The van der Waals surface area contributed by atoms with Crippen molar-refractivity contribution in [2.75, 3.05) is 18.0 Å². The number of carbonyl (C=O) groups excluding carboxylic acids is 1.